The molecule has 0 aliphatic rings. The van der Waals surface area contributed by atoms with Gasteiger partial charge in [0, 0.05) is 5.39 Å². The number of rotatable bonds is 1. The number of hydrogen-bond acceptors (Lipinski definition) is 4. The normalized spacial score (nSPS) is 11.5. The van der Waals surface area contributed by atoms with Gasteiger partial charge in [-0.05, 0) is 18.2 Å². The van der Waals surface area contributed by atoms with E-state index in [0.717, 1.165) is 0 Å². The molecule has 1 aromatic carbocycles. The van der Waals surface area contributed by atoms with Crippen molar-refractivity contribution in [1.82, 2.24) is 10.2 Å². The highest BCUT2D eigenvalue weighted by atomic mass is 32.2. The predicted octanol–water partition coefficient (Wildman–Crippen LogP) is 0.681. The second-order valence-electron chi connectivity index (χ2n) is 2.87. The van der Waals surface area contributed by atoms with Crippen LogP contribution in [0, 0.1) is 11.3 Å². The second-order valence-corrected chi connectivity index (χ2v) is 4.29. The van der Waals surface area contributed by atoms with Crippen LogP contribution in [-0.4, -0.2) is 23.2 Å². The summed E-state index contributed by atoms with van der Waals surface area (Å²) >= 11 is 0. The third kappa shape index (κ3) is 1.56. The van der Waals surface area contributed by atoms with Crippen molar-refractivity contribution < 1.29 is 13.0 Å². The van der Waals surface area contributed by atoms with Crippen molar-refractivity contribution in [3.05, 3.63) is 23.9 Å². The van der Waals surface area contributed by atoms with Gasteiger partial charge in [-0.25, -0.2) is 0 Å². The Labute approximate surface area is 84.9 Å². The van der Waals surface area contributed by atoms with Gasteiger partial charge in [0.2, 0.25) is 0 Å². The van der Waals surface area contributed by atoms with E-state index in [4.69, 9.17) is 9.81 Å². The SMILES string of the molecule is N#Cc1n[nH]c2ccc(S(=O)(=O)O)cc12. The first kappa shape index (κ1) is 9.64. The highest BCUT2D eigenvalue weighted by Gasteiger charge is 2.12. The van der Waals surface area contributed by atoms with Crippen molar-refractivity contribution in [2.24, 2.45) is 0 Å². The van der Waals surface area contributed by atoms with Crippen molar-refractivity contribution in [3.63, 3.8) is 0 Å². The van der Waals surface area contributed by atoms with E-state index in [1.54, 1.807) is 0 Å². The average molecular weight is 223 g/mol. The summed E-state index contributed by atoms with van der Waals surface area (Å²) in [5.41, 5.74) is 0.634. The molecule has 2 N–H and O–H groups in total. The minimum absolute atomic E-state index is 0.0931. The van der Waals surface area contributed by atoms with E-state index in [1.165, 1.54) is 18.2 Å². The molecule has 1 aromatic heterocycles. The van der Waals surface area contributed by atoms with Crippen LogP contribution in [0.25, 0.3) is 10.9 Å². The molecule has 0 fully saturated rings. The van der Waals surface area contributed by atoms with E-state index in [0.29, 0.717) is 10.9 Å². The maximum Gasteiger partial charge on any atom is 0.294 e. The Hall–Kier alpha value is -1.91. The number of nitrogens with one attached hydrogen (secondary N) is 1. The molecule has 0 aliphatic heterocycles. The van der Waals surface area contributed by atoms with Crippen LogP contribution in [-0.2, 0) is 10.1 Å². The maximum absolute atomic E-state index is 10.8. The molecule has 76 valence electrons. The summed E-state index contributed by atoms with van der Waals surface area (Å²) in [5, 5.41) is 15.3. The zero-order chi connectivity index (χ0) is 11.1. The van der Waals surface area contributed by atoms with Crippen LogP contribution in [0.4, 0.5) is 0 Å². The Bertz CT molecular complexity index is 666. The van der Waals surface area contributed by atoms with E-state index in [2.05, 4.69) is 10.2 Å². The molecule has 0 bridgehead atoms. The van der Waals surface area contributed by atoms with E-state index in [1.807, 2.05) is 6.07 Å². The van der Waals surface area contributed by atoms with Gasteiger partial charge >= 0.3 is 0 Å². The molecule has 7 heteroatoms. The van der Waals surface area contributed by atoms with Crippen LogP contribution < -0.4 is 0 Å². The fourth-order valence-electron chi connectivity index (χ4n) is 1.24. The number of fused-ring (bicyclic) bond motifs is 1. The van der Waals surface area contributed by atoms with E-state index in [-0.39, 0.29) is 10.6 Å². The van der Waals surface area contributed by atoms with Crippen molar-refractivity contribution in [1.29, 1.82) is 5.26 Å². The molecule has 0 radical (unpaired) electrons. The Morgan fingerprint density at radius 3 is 2.80 bits per heavy atom. The summed E-state index contributed by atoms with van der Waals surface area (Å²) in [6.45, 7) is 0. The fraction of sp³-hybridized carbons (Fsp3) is 0. The van der Waals surface area contributed by atoms with Gasteiger partial charge in [-0.2, -0.15) is 18.8 Å². The summed E-state index contributed by atoms with van der Waals surface area (Å²) in [6.07, 6.45) is 0. The molecule has 0 saturated heterocycles. The molecule has 6 nitrogen and oxygen atoms in total. The molecule has 2 aromatic rings. The lowest BCUT2D eigenvalue weighted by Gasteiger charge is -1.95. The van der Waals surface area contributed by atoms with Gasteiger partial charge in [0.15, 0.2) is 5.69 Å². The van der Waals surface area contributed by atoms with Gasteiger partial charge in [-0.1, -0.05) is 0 Å². The quantitative estimate of drug-likeness (QED) is 0.691. The lowest BCUT2D eigenvalue weighted by Crippen LogP contribution is -1.97. The molecular formula is C8H5N3O3S. The number of benzene rings is 1. The number of nitrogens with zero attached hydrogens (tertiary/aromatic N) is 2. The summed E-state index contributed by atoms with van der Waals surface area (Å²) in [5.74, 6) is 0. The van der Waals surface area contributed by atoms with Gasteiger partial charge in [0.1, 0.15) is 6.07 Å². The molecular weight excluding hydrogens is 218 g/mol. The molecule has 0 unspecified atom stereocenters. The van der Waals surface area contributed by atoms with Gasteiger partial charge in [-0.3, -0.25) is 9.65 Å². The predicted molar refractivity (Wildman–Crippen MR) is 50.6 cm³/mol. The highest BCUT2D eigenvalue weighted by Crippen LogP contribution is 2.19. The largest absolute Gasteiger partial charge is 0.294 e. The summed E-state index contributed by atoms with van der Waals surface area (Å²) in [4.78, 5) is -0.257. The van der Waals surface area contributed by atoms with E-state index >= 15 is 0 Å². The summed E-state index contributed by atoms with van der Waals surface area (Å²) in [6, 6.07) is 5.68. The van der Waals surface area contributed by atoms with Crippen molar-refractivity contribution in [2.45, 2.75) is 4.90 Å². The van der Waals surface area contributed by atoms with Crippen LogP contribution in [0.3, 0.4) is 0 Å². The molecule has 15 heavy (non-hydrogen) atoms. The molecule has 2 rings (SSSR count). The lowest BCUT2D eigenvalue weighted by molar-refractivity contribution is 0.483. The van der Waals surface area contributed by atoms with Gasteiger partial charge in [-0.15, -0.1) is 0 Å². The topological polar surface area (TPSA) is 107 Å². The Balaban J connectivity index is 2.81. The monoisotopic (exact) mass is 223 g/mol. The van der Waals surface area contributed by atoms with Gasteiger partial charge in [0.05, 0.1) is 10.4 Å². The van der Waals surface area contributed by atoms with Crippen LogP contribution >= 0.6 is 0 Å². The fourth-order valence-corrected chi connectivity index (χ4v) is 1.75. The van der Waals surface area contributed by atoms with Crippen LogP contribution in [0.5, 0.6) is 0 Å². The molecule has 1 heterocycles. The van der Waals surface area contributed by atoms with Crippen molar-refractivity contribution >= 4 is 21.0 Å². The van der Waals surface area contributed by atoms with Crippen LogP contribution in [0.2, 0.25) is 0 Å². The number of nitriles is 1. The molecule has 0 spiro atoms. The third-order valence-electron chi connectivity index (χ3n) is 1.94. The second kappa shape index (κ2) is 3.05. The molecule has 0 aliphatic carbocycles. The number of aromatic nitrogens is 2. The minimum Gasteiger partial charge on any atom is -0.282 e. The minimum atomic E-state index is -4.25. The Morgan fingerprint density at radius 1 is 1.47 bits per heavy atom. The third-order valence-corrected chi connectivity index (χ3v) is 2.79. The smallest absolute Gasteiger partial charge is 0.282 e. The van der Waals surface area contributed by atoms with Crippen molar-refractivity contribution in [2.75, 3.05) is 0 Å². The zero-order valence-electron chi connectivity index (χ0n) is 7.30. The molecule has 0 amide bonds. The number of aromatic amines is 1. The first-order valence-electron chi connectivity index (χ1n) is 3.88. The van der Waals surface area contributed by atoms with E-state index < -0.39 is 10.1 Å². The van der Waals surface area contributed by atoms with Crippen molar-refractivity contribution in [3.8, 4) is 6.07 Å². The Morgan fingerprint density at radius 2 is 2.20 bits per heavy atom. The van der Waals surface area contributed by atoms with Crippen LogP contribution in [0.15, 0.2) is 23.1 Å². The summed E-state index contributed by atoms with van der Waals surface area (Å²) in [7, 11) is -4.25. The molecule has 0 atom stereocenters. The van der Waals surface area contributed by atoms with E-state index in [9.17, 15) is 8.42 Å². The van der Waals surface area contributed by atoms with Gasteiger partial charge < -0.3 is 0 Å². The number of hydrogen-bond donors (Lipinski definition) is 2. The van der Waals surface area contributed by atoms with Gasteiger partial charge in [0.25, 0.3) is 10.1 Å². The zero-order valence-corrected chi connectivity index (χ0v) is 8.11. The molecule has 0 saturated carbocycles. The van der Waals surface area contributed by atoms with Crippen LogP contribution in [0.1, 0.15) is 5.69 Å². The average Bonchev–Trinajstić information content (AvgIpc) is 2.57. The number of H-pyrrole nitrogens is 1. The maximum atomic E-state index is 10.8. The summed E-state index contributed by atoms with van der Waals surface area (Å²) < 4.78 is 30.5. The Kier molecular flexibility index (Phi) is 1.96. The lowest BCUT2D eigenvalue weighted by atomic mass is 10.2. The standard InChI is InChI=1S/C8H5N3O3S/c9-4-8-6-3-5(15(12,13)14)1-2-7(6)10-11-8/h1-3H,(H,10,11)(H,12,13,14). The highest BCUT2D eigenvalue weighted by molar-refractivity contribution is 7.85. The first-order chi connectivity index (χ1) is 7.02. The first-order valence-corrected chi connectivity index (χ1v) is 5.32.